The third kappa shape index (κ3) is 3.59. The summed E-state index contributed by atoms with van der Waals surface area (Å²) in [5, 5.41) is 56.8. The van der Waals surface area contributed by atoms with Crippen molar-refractivity contribution < 1.29 is 39.9 Å². The van der Waals surface area contributed by atoms with Crippen LogP contribution in [0.5, 0.6) is 5.75 Å². The zero-order valence-electron chi connectivity index (χ0n) is 22.2. The number of rotatable bonds is 3. The third-order valence-corrected chi connectivity index (χ3v) is 8.08. The van der Waals surface area contributed by atoms with Crippen LogP contribution in [0.15, 0.2) is 35.1 Å². The van der Waals surface area contributed by atoms with Gasteiger partial charge in [-0.15, -0.1) is 0 Å². The molecule has 0 aromatic heterocycles. The van der Waals surface area contributed by atoms with Crippen molar-refractivity contribution in [2.24, 2.45) is 17.3 Å². The minimum Gasteiger partial charge on any atom is -0.508 e. The van der Waals surface area contributed by atoms with Crippen LogP contribution in [0.4, 0.5) is 0 Å². The van der Waals surface area contributed by atoms with Crippen molar-refractivity contribution in [3.05, 3.63) is 46.2 Å². The van der Waals surface area contributed by atoms with Gasteiger partial charge in [-0.2, -0.15) is 0 Å². The summed E-state index contributed by atoms with van der Waals surface area (Å²) in [6.45, 7) is 8.77. The van der Waals surface area contributed by atoms with Crippen LogP contribution in [0, 0.1) is 17.3 Å². The molecule has 0 radical (unpaired) electrons. The Labute approximate surface area is 215 Å². The molecule has 1 aromatic carbocycles. The van der Waals surface area contributed by atoms with Crippen LogP contribution in [0.1, 0.15) is 52.2 Å². The van der Waals surface area contributed by atoms with E-state index < -0.39 is 74.9 Å². The summed E-state index contributed by atoms with van der Waals surface area (Å²) in [6.07, 6.45) is -1.73. The number of ketones is 3. The van der Waals surface area contributed by atoms with Gasteiger partial charge in [0.1, 0.15) is 22.8 Å². The van der Waals surface area contributed by atoms with Crippen LogP contribution >= 0.6 is 0 Å². The Kier molecular flexibility index (Phi) is 6.02. The standard InChI is InChI=1S/C28H35NO8/c1-26(2,3)11-14(31)16-22(33)20(29(6)7)19-23(34)18-17(25(36)28(19,37)24(16)35)21(32)15-12(27(18,4)5)9-8-10-13(15)30/h8-10,18-20,23,30,32,34-35,37H,11H2,1-7H3. The van der Waals surface area contributed by atoms with Crippen molar-refractivity contribution in [3.8, 4) is 5.75 Å². The van der Waals surface area contributed by atoms with Crippen LogP contribution in [0.25, 0.3) is 5.76 Å². The van der Waals surface area contributed by atoms with E-state index in [-0.39, 0.29) is 23.3 Å². The highest BCUT2D eigenvalue weighted by atomic mass is 16.4. The lowest BCUT2D eigenvalue weighted by molar-refractivity contribution is -0.171. The molecule has 0 saturated heterocycles. The molecule has 3 aliphatic carbocycles. The lowest BCUT2D eigenvalue weighted by Gasteiger charge is -2.56. The second-order valence-electron chi connectivity index (χ2n) is 12.4. The van der Waals surface area contributed by atoms with E-state index in [1.807, 2.05) is 0 Å². The molecular formula is C28H35NO8. The molecule has 0 spiro atoms. The first-order valence-corrected chi connectivity index (χ1v) is 12.3. The Bertz CT molecular complexity index is 1280. The average Bonchev–Trinajstić information content (AvgIpc) is 2.75. The highest BCUT2D eigenvalue weighted by Crippen LogP contribution is 2.58. The SMILES string of the molecule is CN(C)C1C(=O)C(C(=O)CC(C)(C)C)=C(O)C2(O)C(=O)C3=C(O)c4c(O)cccc4C(C)(C)C3C(O)C12. The van der Waals surface area contributed by atoms with Gasteiger partial charge in [0.15, 0.2) is 17.2 Å². The second-order valence-corrected chi connectivity index (χ2v) is 12.4. The summed E-state index contributed by atoms with van der Waals surface area (Å²) in [4.78, 5) is 42.4. The molecule has 200 valence electrons. The second kappa shape index (κ2) is 8.24. The van der Waals surface area contributed by atoms with E-state index in [1.54, 1.807) is 46.8 Å². The number of likely N-dealkylation sites (N-methyl/N-ethyl adjacent to an activating group) is 1. The number of benzene rings is 1. The number of phenols is 1. The van der Waals surface area contributed by atoms with E-state index in [2.05, 4.69) is 0 Å². The zero-order chi connectivity index (χ0) is 28.0. The lowest BCUT2D eigenvalue weighted by atomic mass is 9.50. The monoisotopic (exact) mass is 513 g/mol. The fraction of sp³-hybridized carbons (Fsp3) is 0.536. The number of carbonyl (C=O) groups is 3. The highest BCUT2D eigenvalue weighted by Gasteiger charge is 2.69. The maximum Gasteiger partial charge on any atom is 0.202 e. The predicted octanol–water partition coefficient (Wildman–Crippen LogP) is 2.19. The average molecular weight is 514 g/mol. The maximum absolute atomic E-state index is 14.1. The van der Waals surface area contributed by atoms with Gasteiger partial charge in [0, 0.05) is 23.3 Å². The number of aliphatic hydroxyl groups excluding tert-OH is 3. The molecule has 5 unspecified atom stereocenters. The van der Waals surface area contributed by atoms with Crippen molar-refractivity contribution in [1.29, 1.82) is 0 Å². The molecule has 0 amide bonds. The molecule has 9 nitrogen and oxygen atoms in total. The fourth-order valence-electron chi connectivity index (χ4n) is 6.49. The Hall–Kier alpha value is -3.01. The number of hydrogen-bond acceptors (Lipinski definition) is 9. The van der Waals surface area contributed by atoms with Gasteiger partial charge >= 0.3 is 0 Å². The Morgan fingerprint density at radius 1 is 1.08 bits per heavy atom. The minimum absolute atomic E-state index is 0.00935. The molecule has 0 aliphatic heterocycles. The number of fused-ring (bicyclic) bond motifs is 3. The van der Waals surface area contributed by atoms with Crippen LogP contribution in [-0.4, -0.2) is 79.6 Å². The molecule has 1 fully saturated rings. The quantitative estimate of drug-likeness (QED) is 0.382. The maximum atomic E-state index is 14.1. The molecule has 1 saturated carbocycles. The number of Topliss-reactive ketones (excluding diaryl/α,β-unsaturated/α-hetero) is 3. The first-order valence-electron chi connectivity index (χ1n) is 12.3. The molecule has 0 heterocycles. The van der Waals surface area contributed by atoms with Crippen molar-refractivity contribution in [2.75, 3.05) is 14.1 Å². The molecule has 37 heavy (non-hydrogen) atoms. The van der Waals surface area contributed by atoms with E-state index in [0.717, 1.165) is 0 Å². The van der Waals surface area contributed by atoms with Crippen LogP contribution in [0.3, 0.4) is 0 Å². The number of hydrogen-bond donors (Lipinski definition) is 5. The van der Waals surface area contributed by atoms with Gasteiger partial charge in [0.25, 0.3) is 0 Å². The first kappa shape index (κ1) is 27.0. The molecule has 3 aliphatic rings. The van der Waals surface area contributed by atoms with Gasteiger partial charge in [-0.1, -0.05) is 46.8 Å². The van der Waals surface area contributed by atoms with E-state index in [9.17, 15) is 39.9 Å². The molecule has 4 rings (SSSR count). The smallest absolute Gasteiger partial charge is 0.202 e. The first-order chi connectivity index (χ1) is 16.9. The summed E-state index contributed by atoms with van der Waals surface area (Å²) in [7, 11) is 3.05. The summed E-state index contributed by atoms with van der Waals surface area (Å²) in [5.74, 6) is -7.30. The molecule has 1 aromatic rings. The molecule has 5 atom stereocenters. The van der Waals surface area contributed by atoms with Gasteiger partial charge in [-0.05, 0) is 31.1 Å². The van der Waals surface area contributed by atoms with Crippen molar-refractivity contribution in [1.82, 2.24) is 4.90 Å². The topological polar surface area (TPSA) is 156 Å². The number of aliphatic hydroxyl groups is 4. The zero-order valence-corrected chi connectivity index (χ0v) is 22.2. The van der Waals surface area contributed by atoms with E-state index in [4.69, 9.17) is 0 Å². The van der Waals surface area contributed by atoms with Gasteiger partial charge in [0.2, 0.25) is 5.78 Å². The van der Waals surface area contributed by atoms with Crippen molar-refractivity contribution >= 4 is 23.1 Å². The van der Waals surface area contributed by atoms with Gasteiger partial charge in [-0.25, -0.2) is 0 Å². The lowest BCUT2D eigenvalue weighted by Crippen LogP contribution is -2.71. The van der Waals surface area contributed by atoms with Crippen molar-refractivity contribution in [3.63, 3.8) is 0 Å². The van der Waals surface area contributed by atoms with Crippen LogP contribution < -0.4 is 0 Å². The number of phenolic OH excluding ortho intramolecular Hbond substituents is 1. The summed E-state index contributed by atoms with van der Waals surface area (Å²) >= 11 is 0. The Balaban J connectivity index is 2.05. The normalized spacial score (nSPS) is 31.3. The van der Waals surface area contributed by atoms with Crippen LogP contribution in [0.2, 0.25) is 0 Å². The molecule has 0 bridgehead atoms. The molecule has 9 heteroatoms. The molecule has 5 N–H and O–H groups in total. The van der Waals surface area contributed by atoms with Crippen molar-refractivity contribution in [2.45, 2.75) is 64.2 Å². The fourth-order valence-corrected chi connectivity index (χ4v) is 6.49. The van der Waals surface area contributed by atoms with Gasteiger partial charge in [-0.3, -0.25) is 19.3 Å². The van der Waals surface area contributed by atoms with E-state index in [0.29, 0.717) is 5.56 Å². The van der Waals surface area contributed by atoms with E-state index in [1.165, 1.54) is 25.1 Å². The number of carbonyl (C=O) groups excluding carboxylic acids is 3. The minimum atomic E-state index is -2.86. The van der Waals surface area contributed by atoms with Gasteiger partial charge in [0.05, 0.1) is 23.6 Å². The largest absolute Gasteiger partial charge is 0.508 e. The predicted molar refractivity (Wildman–Crippen MR) is 135 cm³/mol. The third-order valence-electron chi connectivity index (χ3n) is 8.08. The van der Waals surface area contributed by atoms with E-state index >= 15 is 0 Å². The Morgan fingerprint density at radius 3 is 2.22 bits per heavy atom. The number of aromatic hydroxyl groups is 1. The number of nitrogens with zero attached hydrogens (tertiary/aromatic N) is 1. The van der Waals surface area contributed by atoms with Crippen LogP contribution in [-0.2, 0) is 19.8 Å². The summed E-state index contributed by atoms with van der Waals surface area (Å²) < 4.78 is 0. The Morgan fingerprint density at radius 2 is 1.68 bits per heavy atom. The molecular weight excluding hydrogens is 478 g/mol. The highest BCUT2D eigenvalue weighted by molar-refractivity contribution is 6.25. The van der Waals surface area contributed by atoms with Gasteiger partial charge < -0.3 is 25.5 Å². The summed E-state index contributed by atoms with van der Waals surface area (Å²) in [6, 6.07) is 3.27. The summed E-state index contributed by atoms with van der Waals surface area (Å²) in [5.41, 5.74) is -5.04.